The van der Waals surface area contributed by atoms with E-state index >= 15 is 0 Å². The van der Waals surface area contributed by atoms with Gasteiger partial charge in [-0.15, -0.1) is 11.3 Å². The average molecular weight is 467 g/mol. The molecule has 32 heavy (non-hydrogen) atoms. The summed E-state index contributed by atoms with van der Waals surface area (Å²) in [5.74, 6) is -0.0701. The third kappa shape index (κ3) is 4.93. The highest BCUT2D eigenvalue weighted by molar-refractivity contribution is 7.94. The molecule has 0 radical (unpaired) electrons. The Morgan fingerprint density at radius 1 is 0.969 bits per heavy atom. The number of nitrogens with zero attached hydrogens (tertiary/aromatic N) is 3. The first kappa shape index (κ1) is 21.9. The maximum absolute atomic E-state index is 13.0. The van der Waals surface area contributed by atoms with E-state index < -0.39 is 10.0 Å². The molecule has 9 heteroatoms. The lowest BCUT2D eigenvalue weighted by Crippen LogP contribution is -2.35. The van der Waals surface area contributed by atoms with Crippen LogP contribution in [0.3, 0.4) is 0 Å². The number of sulfonamides is 1. The first-order valence-electron chi connectivity index (χ1n) is 10.2. The quantitative estimate of drug-likeness (QED) is 0.618. The maximum atomic E-state index is 13.0. The highest BCUT2D eigenvalue weighted by Crippen LogP contribution is 2.22. The van der Waals surface area contributed by atoms with Crippen molar-refractivity contribution >= 4 is 38.6 Å². The standard InChI is InChI=1S/C23H22N4O3S2/c24-17-18-4-10-21(11-5-18)26-12-2-13-27(15-14-26)23(28)19-6-8-20(9-7-19)25-32(29,30)22-3-1-16-31-22/h1,3-11,16,25H,2,12-15H2. The average Bonchev–Trinajstić information content (AvgIpc) is 3.26. The van der Waals surface area contributed by atoms with Gasteiger partial charge in [0.1, 0.15) is 4.21 Å². The predicted molar refractivity (Wildman–Crippen MR) is 125 cm³/mol. The van der Waals surface area contributed by atoms with Gasteiger partial charge in [0.15, 0.2) is 0 Å². The van der Waals surface area contributed by atoms with Crippen molar-refractivity contribution in [1.29, 1.82) is 5.26 Å². The van der Waals surface area contributed by atoms with Crippen LogP contribution in [0.5, 0.6) is 0 Å². The highest BCUT2D eigenvalue weighted by atomic mass is 32.2. The Labute approximate surface area is 191 Å². The number of carbonyl (C=O) groups is 1. The highest BCUT2D eigenvalue weighted by Gasteiger charge is 2.21. The molecule has 1 N–H and O–H groups in total. The third-order valence-electron chi connectivity index (χ3n) is 5.29. The molecule has 2 heterocycles. The molecule has 7 nitrogen and oxygen atoms in total. The molecule has 1 fully saturated rings. The Bertz CT molecular complexity index is 1220. The summed E-state index contributed by atoms with van der Waals surface area (Å²) >= 11 is 1.15. The summed E-state index contributed by atoms with van der Waals surface area (Å²) in [6, 6.07) is 19.4. The Hall–Kier alpha value is -3.35. The second-order valence-electron chi connectivity index (χ2n) is 7.41. The molecule has 0 spiro atoms. The molecule has 2 aromatic carbocycles. The molecule has 1 amide bonds. The van der Waals surface area contributed by atoms with Crippen molar-refractivity contribution in [3.8, 4) is 6.07 Å². The van der Waals surface area contributed by atoms with Gasteiger partial charge in [0.2, 0.25) is 0 Å². The van der Waals surface area contributed by atoms with Crippen LogP contribution in [0.4, 0.5) is 11.4 Å². The fourth-order valence-electron chi connectivity index (χ4n) is 3.61. The number of hydrogen-bond donors (Lipinski definition) is 1. The van der Waals surface area contributed by atoms with Crippen LogP contribution >= 0.6 is 11.3 Å². The van der Waals surface area contributed by atoms with Crippen molar-refractivity contribution in [2.75, 3.05) is 35.8 Å². The van der Waals surface area contributed by atoms with Gasteiger partial charge in [-0.1, -0.05) is 6.07 Å². The Balaban J connectivity index is 1.39. The van der Waals surface area contributed by atoms with Gasteiger partial charge in [0.05, 0.1) is 11.6 Å². The molecule has 1 saturated heterocycles. The van der Waals surface area contributed by atoms with Gasteiger partial charge in [-0.3, -0.25) is 9.52 Å². The lowest BCUT2D eigenvalue weighted by atomic mass is 10.2. The van der Waals surface area contributed by atoms with Crippen LogP contribution in [-0.4, -0.2) is 45.4 Å². The molecule has 1 aliphatic rings. The van der Waals surface area contributed by atoms with E-state index in [1.165, 1.54) is 0 Å². The van der Waals surface area contributed by atoms with Crippen LogP contribution in [-0.2, 0) is 10.0 Å². The van der Waals surface area contributed by atoms with E-state index in [0.29, 0.717) is 36.4 Å². The molecule has 0 atom stereocenters. The van der Waals surface area contributed by atoms with Crippen molar-refractivity contribution < 1.29 is 13.2 Å². The molecule has 1 aromatic heterocycles. The zero-order valence-electron chi connectivity index (χ0n) is 17.3. The van der Waals surface area contributed by atoms with Gasteiger partial charge in [0.25, 0.3) is 15.9 Å². The Morgan fingerprint density at radius 3 is 2.38 bits per heavy atom. The summed E-state index contributed by atoms with van der Waals surface area (Å²) in [6.45, 7) is 2.78. The van der Waals surface area contributed by atoms with E-state index in [1.807, 2.05) is 17.0 Å². The second kappa shape index (κ2) is 9.42. The zero-order valence-corrected chi connectivity index (χ0v) is 18.9. The van der Waals surface area contributed by atoms with E-state index in [2.05, 4.69) is 15.7 Å². The number of amides is 1. The van der Waals surface area contributed by atoms with E-state index in [-0.39, 0.29) is 10.1 Å². The number of thiophene rings is 1. The number of nitriles is 1. The molecule has 3 aromatic rings. The number of anilines is 2. The van der Waals surface area contributed by atoms with Gasteiger partial charge in [0, 0.05) is 43.1 Å². The number of carbonyl (C=O) groups excluding carboxylic acids is 1. The van der Waals surface area contributed by atoms with Crippen LogP contribution in [0.15, 0.2) is 70.3 Å². The van der Waals surface area contributed by atoms with Crippen LogP contribution in [0.2, 0.25) is 0 Å². The zero-order chi connectivity index (χ0) is 22.6. The number of benzene rings is 2. The summed E-state index contributed by atoms with van der Waals surface area (Å²) in [5, 5.41) is 10.7. The minimum Gasteiger partial charge on any atom is -0.370 e. The molecule has 0 bridgehead atoms. The van der Waals surface area contributed by atoms with Crippen molar-refractivity contribution in [3.63, 3.8) is 0 Å². The van der Waals surface area contributed by atoms with Crippen LogP contribution in [0.1, 0.15) is 22.3 Å². The molecule has 4 rings (SSSR count). The lowest BCUT2D eigenvalue weighted by molar-refractivity contribution is 0.0767. The molecule has 0 unspecified atom stereocenters. The molecule has 0 saturated carbocycles. The summed E-state index contributed by atoms with van der Waals surface area (Å²) in [6.07, 6.45) is 0.838. The maximum Gasteiger partial charge on any atom is 0.271 e. The van der Waals surface area contributed by atoms with Crippen LogP contribution in [0, 0.1) is 11.3 Å². The number of nitrogens with one attached hydrogen (secondary N) is 1. The fourth-order valence-corrected chi connectivity index (χ4v) is 5.66. The largest absolute Gasteiger partial charge is 0.370 e. The van der Waals surface area contributed by atoms with Crippen molar-refractivity contribution in [2.45, 2.75) is 10.6 Å². The third-order valence-corrected chi connectivity index (χ3v) is 8.07. The molecule has 164 valence electrons. The van der Waals surface area contributed by atoms with Gasteiger partial charge in [-0.25, -0.2) is 8.42 Å². The van der Waals surface area contributed by atoms with Gasteiger partial charge >= 0.3 is 0 Å². The summed E-state index contributed by atoms with van der Waals surface area (Å²) < 4.78 is 27.5. The van der Waals surface area contributed by atoms with E-state index in [9.17, 15) is 13.2 Å². The topological polar surface area (TPSA) is 93.5 Å². The predicted octanol–water partition coefficient (Wildman–Crippen LogP) is 3.77. The summed E-state index contributed by atoms with van der Waals surface area (Å²) in [7, 11) is -3.62. The molecule has 0 aliphatic carbocycles. The Kier molecular flexibility index (Phi) is 6.44. The number of hydrogen-bond acceptors (Lipinski definition) is 6. The molecular formula is C23H22N4O3S2. The second-order valence-corrected chi connectivity index (χ2v) is 10.3. The van der Waals surface area contributed by atoms with Crippen molar-refractivity contribution in [2.24, 2.45) is 0 Å². The van der Waals surface area contributed by atoms with Gasteiger partial charge in [-0.05, 0) is 66.4 Å². The van der Waals surface area contributed by atoms with Gasteiger partial charge in [-0.2, -0.15) is 5.26 Å². The summed E-state index contributed by atoms with van der Waals surface area (Å²) in [4.78, 5) is 17.0. The fraction of sp³-hybridized carbons (Fsp3) is 0.217. The minimum atomic E-state index is -3.62. The first-order valence-corrected chi connectivity index (χ1v) is 12.5. The minimum absolute atomic E-state index is 0.0701. The lowest BCUT2D eigenvalue weighted by Gasteiger charge is -2.24. The monoisotopic (exact) mass is 466 g/mol. The smallest absolute Gasteiger partial charge is 0.271 e. The van der Waals surface area contributed by atoms with E-state index in [4.69, 9.17) is 5.26 Å². The normalized spacial score (nSPS) is 14.5. The van der Waals surface area contributed by atoms with Crippen molar-refractivity contribution in [3.05, 3.63) is 77.2 Å². The number of rotatable bonds is 5. The molecule has 1 aliphatic heterocycles. The first-order chi connectivity index (χ1) is 15.5. The van der Waals surface area contributed by atoms with Gasteiger partial charge < -0.3 is 9.80 Å². The Morgan fingerprint density at radius 2 is 1.72 bits per heavy atom. The van der Waals surface area contributed by atoms with Crippen LogP contribution < -0.4 is 9.62 Å². The van der Waals surface area contributed by atoms with Crippen molar-refractivity contribution in [1.82, 2.24) is 4.90 Å². The molecular weight excluding hydrogens is 444 g/mol. The van der Waals surface area contributed by atoms with E-state index in [1.54, 1.807) is 53.9 Å². The summed E-state index contributed by atoms with van der Waals surface area (Å²) in [5.41, 5.74) is 2.61. The van der Waals surface area contributed by atoms with E-state index in [0.717, 1.165) is 30.0 Å². The van der Waals surface area contributed by atoms with Crippen LogP contribution in [0.25, 0.3) is 0 Å². The SMILES string of the molecule is N#Cc1ccc(N2CCCN(C(=O)c3ccc(NS(=O)(=O)c4cccs4)cc3)CC2)cc1.